The van der Waals surface area contributed by atoms with Crippen LogP contribution < -0.4 is 15.0 Å². The lowest BCUT2D eigenvalue weighted by atomic mass is 10.1. The van der Waals surface area contributed by atoms with Gasteiger partial charge < -0.3 is 19.2 Å². The molecule has 0 bridgehead atoms. The Hall–Kier alpha value is -3.76. The lowest BCUT2D eigenvalue weighted by molar-refractivity contribution is 0.0888. The van der Waals surface area contributed by atoms with Crippen molar-refractivity contribution in [3.63, 3.8) is 0 Å². The number of methoxy groups -OCH3 is 2. The number of benzene rings is 2. The molecule has 1 aliphatic rings. The number of H-pyrrole nitrogens is 1. The van der Waals surface area contributed by atoms with Gasteiger partial charge in [0.2, 0.25) is 0 Å². The zero-order valence-electron chi connectivity index (χ0n) is 22.1. The molecule has 0 radical (unpaired) electrons. The lowest BCUT2D eigenvalue weighted by Gasteiger charge is -2.30. The fourth-order valence-corrected chi connectivity index (χ4v) is 5.10. The number of nitrogens with one attached hydrogen (secondary N) is 1. The Morgan fingerprint density at radius 3 is 2.61 bits per heavy atom. The highest BCUT2D eigenvalue weighted by Crippen LogP contribution is 2.28. The van der Waals surface area contributed by atoms with Gasteiger partial charge in [0.05, 0.1) is 32.9 Å². The topological polar surface area (TPSA) is 107 Å². The van der Waals surface area contributed by atoms with E-state index in [2.05, 4.69) is 32.3 Å². The van der Waals surface area contributed by atoms with Crippen molar-refractivity contribution in [2.45, 2.75) is 58.0 Å². The monoisotopic (exact) mass is 518 g/mol. The number of hydrogen-bond donors (Lipinski definition) is 1. The molecule has 0 amide bonds. The van der Waals surface area contributed by atoms with Crippen molar-refractivity contribution in [2.75, 3.05) is 20.8 Å². The molecule has 200 valence electrons. The van der Waals surface area contributed by atoms with Crippen LogP contribution in [0.3, 0.4) is 0 Å². The van der Waals surface area contributed by atoms with Crippen molar-refractivity contribution in [2.24, 2.45) is 0 Å². The Balaban J connectivity index is 1.50. The maximum Gasteiger partial charge on any atom is 0.252 e. The smallest absolute Gasteiger partial charge is 0.252 e. The molecular weight excluding hydrogens is 484 g/mol. The number of ether oxygens (including phenoxy) is 3. The van der Waals surface area contributed by atoms with Crippen LogP contribution >= 0.6 is 0 Å². The summed E-state index contributed by atoms with van der Waals surface area (Å²) < 4.78 is 18.4. The third-order valence-electron chi connectivity index (χ3n) is 7.13. The number of nitrogens with zero attached hydrogens (tertiary/aromatic N) is 5. The number of rotatable bonds is 11. The summed E-state index contributed by atoms with van der Waals surface area (Å²) in [4.78, 5) is 18.5. The number of aromatic amines is 1. The second kappa shape index (κ2) is 11.7. The summed E-state index contributed by atoms with van der Waals surface area (Å²) in [5.74, 6) is 2.31. The molecule has 2 aromatic heterocycles. The summed E-state index contributed by atoms with van der Waals surface area (Å²) in [6.45, 7) is 4.53. The number of aromatic nitrogens is 5. The molecule has 2 atom stereocenters. The van der Waals surface area contributed by atoms with Crippen molar-refractivity contribution in [3.8, 4) is 11.5 Å². The van der Waals surface area contributed by atoms with Crippen LogP contribution in [0.25, 0.3) is 10.9 Å². The summed E-state index contributed by atoms with van der Waals surface area (Å²) in [7, 11) is 3.29. The van der Waals surface area contributed by atoms with Gasteiger partial charge >= 0.3 is 0 Å². The highest BCUT2D eigenvalue weighted by molar-refractivity contribution is 5.80. The van der Waals surface area contributed by atoms with Gasteiger partial charge in [-0.15, -0.1) is 5.10 Å². The molecule has 4 aromatic rings. The predicted molar refractivity (Wildman–Crippen MR) is 143 cm³/mol. The van der Waals surface area contributed by atoms with E-state index in [-0.39, 0.29) is 17.7 Å². The molecule has 38 heavy (non-hydrogen) atoms. The molecule has 0 saturated carbocycles. The Bertz CT molecular complexity index is 1410. The Morgan fingerprint density at radius 1 is 1.11 bits per heavy atom. The molecule has 1 saturated heterocycles. The van der Waals surface area contributed by atoms with Crippen LogP contribution in [0.4, 0.5) is 0 Å². The van der Waals surface area contributed by atoms with E-state index >= 15 is 0 Å². The maximum absolute atomic E-state index is 13.2. The average molecular weight is 519 g/mol. The van der Waals surface area contributed by atoms with Crippen molar-refractivity contribution in [1.29, 1.82) is 0 Å². The number of hydrogen-bond acceptors (Lipinski definition) is 8. The zero-order chi connectivity index (χ0) is 26.5. The number of pyridine rings is 1. The van der Waals surface area contributed by atoms with Gasteiger partial charge in [0, 0.05) is 36.2 Å². The lowest BCUT2D eigenvalue weighted by Crippen LogP contribution is -2.33. The second-order valence-electron chi connectivity index (χ2n) is 9.61. The highest BCUT2D eigenvalue weighted by atomic mass is 16.5. The van der Waals surface area contributed by atoms with Crippen LogP contribution in [0.15, 0.2) is 53.3 Å². The quantitative estimate of drug-likeness (QED) is 0.319. The average Bonchev–Trinajstić information content (AvgIpc) is 3.62. The molecule has 3 heterocycles. The largest absolute Gasteiger partial charge is 0.497 e. The molecule has 10 nitrogen and oxygen atoms in total. The van der Waals surface area contributed by atoms with E-state index in [1.807, 2.05) is 53.2 Å². The minimum atomic E-state index is -0.117. The summed E-state index contributed by atoms with van der Waals surface area (Å²) in [6.07, 6.45) is 2.93. The molecule has 2 aromatic carbocycles. The van der Waals surface area contributed by atoms with Gasteiger partial charge in [-0.25, -0.2) is 4.68 Å². The van der Waals surface area contributed by atoms with Gasteiger partial charge in [-0.2, -0.15) is 0 Å². The molecular formula is C28H34N6O4. The van der Waals surface area contributed by atoms with Crippen LogP contribution in [-0.2, 0) is 24.4 Å². The van der Waals surface area contributed by atoms with E-state index in [1.165, 1.54) is 0 Å². The molecule has 10 heteroatoms. The second-order valence-corrected chi connectivity index (χ2v) is 9.61. The summed E-state index contributed by atoms with van der Waals surface area (Å²) in [6, 6.07) is 15.5. The van der Waals surface area contributed by atoms with Crippen molar-refractivity contribution >= 4 is 10.9 Å². The van der Waals surface area contributed by atoms with Gasteiger partial charge in [0.25, 0.3) is 5.56 Å². The Morgan fingerprint density at radius 2 is 1.89 bits per heavy atom. The third-order valence-corrected chi connectivity index (χ3v) is 7.13. The van der Waals surface area contributed by atoms with E-state index < -0.39 is 0 Å². The molecule has 5 rings (SSSR count). The standard InChI is InChI=1S/C28H34N6O4/c1-4-26(27-30-31-32-34(27)18-24-6-5-13-38-24)33(16-19-7-9-22(36-2)10-8-19)17-21-14-20-15-23(37-3)11-12-25(20)29-28(21)35/h7-12,14-15,24,26H,4-6,13,16-18H2,1-3H3,(H,29,35). The molecule has 1 N–H and O–H groups in total. The van der Waals surface area contributed by atoms with Crippen LogP contribution in [0.1, 0.15) is 49.2 Å². The fourth-order valence-electron chi connectivity index (χ4n) is 5.10. The number of tetrazole rings is 1. The first-order valence-electron chi connectivity index (χ1n) is 13.0. The SMILES string of the molecule is CCC(c1nnnn1CC1CCCO1)N(Cc1ccc(OC)cc1)Cc1cc2cc(OC)ccc2[nH]c1=O. The van der Waals surface area contributed by atoms with Gasteiger partial charge in [-0.1, -0.05) is 19.1 Å². The van der Waals surface area contributed by atoms with Crippen LogP contribution in [0.5, 0.6) is 11.5 Å². The van der Waals surface area contributed by atoms with Gasteiger partial charge in [0.15, 0.2) is 5.82 Å². The molecule has 0 aliphatic carbocycles. The minimum Gasteiger partial charge on any atom is -0.497 e. The minimum absolute atomic E-state index is 0.114. The van der Waals surface area contributed by atoms with E-state index in [1.54, 1.807) is 14.2 Å². The third kappa shape index (κ3) is 5.71. The Labute approximate surface area is 221 Å². The van der Waals surface area contributed by atoms with Crippen LogP contribution in [0.2, 0.25) is 0 Å². The molecule has 1 fully saturated rings. The van der Waals surface area contributed by atoms with E-state index in [9.17, 15) is 4.79 Å². The van der Waals surface area contributed by atoms with Crippen molar-refractivity contribution in [3.05, 3.63) is 75.8 Å². The van der Waals surface area contributed by atoms with Gasteiger partial charge in [0.1, 0.15) is 11.5 Å². The van der Waals surface area contributed by atoms with E-state index in [0.717, 1.165) is 59.7 Å². The van der Waals surface area contributed by atoms with Crippen molar-refractivity contribution < 1.29 is 14.2 Å². The van der Waals surface area contributed by atoms with E-state index in [0.29, 0.717) is 25.2 Å². The Kier molecular flexibility index (Phi) is 8.00. The zero-order valence-corrected chi connectivity index (χ0v) is 22.1. The summed E-state index contributed by atoms with van der Waals surface area (Å²) in [5, 5.41) is 13.7. The predicted octanol–water partition coefficient (Wildman–Crippen LogP) is 3.86. The molecule has 0 spiro atoms. The molecule has 2 unspecified atom stereocenters. The highest BCUT2D eigenvalue weighted by Gasteiger charge is 2.28. The summed E-state index contributed by atoms with van der Waals surface area (Å²) >= 11 is 0. The van der Waals surface area contributed by atoms with E-state index in [4.69, 9.17) is 14.2 Å². The van der Waals surface area contributed by atoms with Gasteiger partial charge in [-0.05, 0) is 71.7 Å². The van der Waals surface area contributed by atoms with Gasteiger partial charge in [-0.3, -0.25) is 9.69 Å². The first-order valence-corrected chi connectivity index (χ1v) is 13.0. The van der Waals surface area contributed by atoms with Crippen LogP contribution in [0, 0.1) is 0 Å². The maximum atomic E-state index is 13.2. The molecule has 1 aliphatic heterocycles. The van der Waals surface area contributed by atoms with Crippen molar-refractivity contribution in [1.82, 2.24) is 30.1 Å². The van der Waals surface area contributed by atoms with Crippen LogP contribution in [-0.4, -0.2) is 57.0 Å². The summed E-state index contributed by atoms with van der Waals surface area (Å²) in [5.41, 5.74) is 2.42. The fraction of sp³-hybridized carbons (Fsp3) is 0.429. The number of fused-ring (bicyclic) bond motifs is 1. The first-order chi connectivity index (χ1) is 18.6. The normalized spacial score (nSPS) is 16.3. The first kappa shape index (κ1) is 25.9.